The van der Waals surface area contributed by atoms with Crippen molar-refractivity contribution in [3.8, 4) is 0 Å². The first kappa shape index (κ1) is 14.4. The van der Waals surface area contributed by atoms with Crippen LogP contribution < -0.4 is 0 Å². The molecule has 1 heterocycles. The van der Waals surface area contributed by atoms with Gasteiger partial charge in [-0.3, -0.25) is 4.98 Å². The van der Waals surface area contributed by atoms with Crippen LogP contribution in [0.25, 0.3) is 0 Å². The maximum absolute atomic E-state index is 13.6. The number of hydrogen-bond acceptors (Lipinski definition) is 2. The van der Waals surface area contributed by atoms with Gasteiger partial charge in [0, 0.05) is 6.20 Å². The second kappa shape index (κ2) is 5.33. The van der Waals surface area contributed by atoms with Crippen molar-refractivity contribution in [2.75, 3.05) is 0 Å². The van der Waals surface area contributed by atoms with E-state index in [4.69, 9.17) is 11.6 Å². The van der Waals surface area contributed by atoms with Gasteiger partial charge in [0.25, 0.3) is 0 Å². The summed E-state index contributed by atoms with van der Waals surface area (Å²) in [5.74, 6) is -0.589. The minimum absolute atomic E-state index is 0.00457. The first-order valence-electron chi connectivity index (χ1n) is 5.02. The highest BCUT2D eigenvalue weighted by molar-refractivity contribution is 7.86. The molecule has 17 heavy (non-hydrogen) atoms. The standard InChI is InChI=1S/C11H15ClFN2OS/c1-11(2,3)17(16)15(4)7-9-10(13)8(12)5-6-14-9/h5-6H,4,7H2,1-3H3/q+1/t17-/m0/s1. The number of halogens is 2. The molecule has 3 nitrogen and oxygen atoms in total. The summed E-state index contributed by atoms with van der Waals surface area (Å²) in [5, 5.41) is 0.00457. The summed E-state index contributed by atoms with van der Waals surface area (Å²) in [5.41, 5.74) is 0.144. The van der Waals surface area contributed by atoms with Crippen LogP contribution in [-0.4, -0.2) is 25.0 Å². The third kappa shape index (κ3) is 3.66. The predicted octanol–water partition coefficient (Wildman–Crippen LogP) is 2.55. The fourth-order valence-corrected chi connectivity index (χ4v) is 2.36. The molecule has 6 heteroatoms. The first-order valence-corrected chi connectivity index (χ1v) is 6.51. The fourth-order valence-electron chi connectivity index (χ4n) is 1.18. The van der Waals surface area contributed by atoms with Crippen LogP contribution >= 0.6 is 11.6 Å². The minimum atomic E-state index is -1.32. The van der Waals surface area contributed by atoms with E-state index < -0.39 is 21.9 Å². The maximum Gasteiger partial charge on any atom is 0.238 e. The Morgan fingerprint density at radius 3 is 2.71 bits per heavy atom. The molecule has 0 aromatic carbocycles. The molecule has 0 saturated heterocycles. The van der Waals surface area contributed by atoms with Gasteiger partial charge in [-0.2, -0.15) is 0 Å². The molecule has 94 valence electrons. The molecule has 1 atom stereocenters. The summed E-state index contributed by atoms with van der Waals surface area (Å²) in [6.45, 7) is 9.17. The number of hydrogen-bond donors (Lipinski definition) is 0. The summed E-state index contributed by atoms with van der Waals surface area (Å²) in [7, 11) is 0. The van der Waals surface area contributed by atoms with Crippen molar-refractivity contribution in [2.24, 2.45) is 0 Å². The summed E-state index contributed by atoms with van der Waals surface area (Å²) < 4.78 is 26.4. The monoisotopic (exact) mass is 277 g/mol. The van der Waals surface area contributed by atoms with E-state index in [-0.39, 0.29) is 17.3 Å². The van der Waals surface area contributed by atoms with Gasteiger partial charge in [0.2, 0.25) is 17.9 Å². The molecule has 0 amide bonds. The third-order valence-electron chi connectivity index (χ3n) is 2.00. The molecular weight excluding hydrogens is 263 g/mol. The normalized spacial score (nSPS) is 13.5. The van der Waals surface area contributed by atoms with Gasteiger partial charge in [-0.25, -0.2) is 4.39 Å². The molecule has 0 fully saturated rings. The molecular formula is C11H15ClFN2OS+. The van der Waals surface area contributed by atoms with Crippen molar-refractivity contribution in [1.82, 2.24) is 4.98 Å². The smallest absolute Gasteiger partial charge is 0.238 e. The molecule has 0 bridgehead atoms. The molecule has 0 saturated carbocycles. The molecule has 0 aliphatic carbocycles. The predicted molar refractivity (Wildman–Crippen MR) is 68.2 cm³/mol. The van der Waals surface area contributed by atoms with Crippen LogP contribution in [0.4, 0.5) is 4.39 Å². The Labute approximate surface area is 109 Å². The van der Waals surface area contributed by atoms with Gasteiger partial charge >= 0.3 is 0 Å². The van der Waals surface area contributed by atoms with Gasteiger partial charge in [-0.1, -0.05) is 11.6 Å². The van der Waals surface area contributed by atoms with Gasteiger partial charge in [-0.15, -0.1) is 0 Å². The quantitative estimate of drug-likeness (QED) is 0.484. The van der Waals surface area contributed by atoms with Crippen LogP contribution in [0.3, 0.4) is 0 Å². The van der Waals surface area contributed by atoms with Crippen LogP contribution in [0.5, 0.6) is 0 Å². The Hall–Kier alpha value is -0.650. The minimum Gasteiger partial charge on any atom is -0.557 e. The second-order valence-electron chi connectivity index (χ2n) is 4.55. The number of aromatic nitrogens is 1. The third-order valence-corrected chi connectivity index (χ3v) is 3.94. The zero-order chi connectivity index (χ0) is 13.2. The zero-order valence-corrected chi connectivity index (χ0v) is 11.6. The maximum atomic E-state index is 13.6. The van der Waals surface area contributed by atoms with E-state index in [0.29, 0.717) is 0 Å². The van der Waals surface area contributed by atoms with E-state index in [1.807, 2.05) is 20.8 Å². The lowest BCUT2D eigenvalue weighted by Gasteiger charge is -2.17. The Morgan fingerprint density at radius 2 is 2.18 bits per heavy atom. The van der Waals surface area contributed by atoms with E-state index in [1.165, 1.54) is 16.2 Å². The van der Waals surface area contributed by atoms with E-state index in [0.717, 1.165) is 0 Å². The first-order chi connectivity index (χ1) is 7.73. The molecule has 0 unspecified atom stereocenters. The second-order valence-corrected chi connectivity index (χ2v) is 7.20. The summed E-state index contributed by atoms with van der Waals surface area (Å²) in [6, 6.07) is 1.37. The van der Waals surface area contributed by atoms with Gasteiger partial charge in [-0.05, 0) is 30.8 Å². The average molecular weight is 278 g/mol. The molecule has 1 aromatic rings. The number of pyridine rings is 1. The molecule has 0 aliphatic rings. The summed E-state index contributed by atoms with van der Waals surface area (Å²) in [4.78, 5) is 3.87. The van der Waals surface area contributed by atoms with E-state index in [2.05, 4.69) is 11.7 Å². The van der Waals surface area contributed by atoms with Crippen molar-refractivity contribution >= 4 is 29.7 Å². The van der Waals surface area contributed by atoms with Gasteiger partial charge in [0.1, 0.15) is 5.69 Å². The van der Waals surface area contributed by atoms with Crippen LogP contribution in [0, 0.1) is 5.82 Å². The molecule has 0 aliphatic heterocycles. The SMILES string of the molecule is C=[N+](Cc1nccc(Cl)c1F)[S@@+]([O-])C(C)(C)C. The van der Waals surface area contributed by atoms with Crippen molar-refractivity contribution in [1.29, 1.82) is 0 Å². The molecule has 1 rings (SSSR count). The van der Waals surface area contributed by atoms with Crippen molar-refractivity contribution in [3.05, 3.63) is 28.8 Å². The lowest BCUT2D eigenvalue weighted by Crippen LogP contribution is -2.36. The van der Waals surface area contributed by atoms with Crippen molar-refractivity contribution < 1.29 is 12.9 Å². The van der Waals surface area contributed by atoms with Crippen molar-refractivity contribution in [3.63, 3.8) is 0 Å². The lowest BCUT2D eigenvalue weighted by atomic mass is 10.3. The molecule has 0 spiro atoms. The van der Waals surface area contributed by atoms with E-state index in [1.54, 1.807) is 0 Å². The van der Waals surface area contributed by atoms with Gasteiger partial charge < -0.3 is 4.55 Å². The van der Waals surface area contributed by atoms with Crippen LogP contribution in [-0.2, 0) is 17.9 Å². The average Bonchev–Trinajstić information content (AvgIpc) is 2.22. The Bertz CT molecular complexity index is 434. The summed E-state index contributed by atoms with van der Waals surface area (Å²) >= 11 is 4.31. The molecule has 0 N–H and O–H groups in total. The lowest BCUT2D eigenvalue weighted by molar-refractivity contribution is -0.378. The van der Waals surface area contributed by atoms with Crippen molar-refractivity contribution in [2.45, 2.75) is 32.1 Å². The number of rotatable bonds is 3. The van der Waals surface area contributed by atoms with Crippen LogP contribution in [0.2, 0.25) is 5.02 Å². The summed E-state index contributed by atoms with van der Waals surface area (Å²) in [6.07, 6.45) is 1.41. The van der Waals surface area contributed by atoms with Crippen LogP contribution in [0.15, 0.2) is 12.3 Å². The topological polar surface area (TPSA) is 39.0 Å². The Balaban J connectivity index is 2.86. The highest BCUT2D eigenvalue weighted by Gasteiger charge is 2.37. The highest BCUT2D eigenvalue weighted by atomic mass is 35.5. The Kier molecular flexibility index (Phi) is 4.52. The van der Waals surface area contributed by atoms with E-state index in [9.17, 15) is 8.94 Å². The van der Waals surface area contributed by atoms with Gasteiger partial charge in [0.05, 0.1) is 5.02 Å². The van der Waals surface area contributed by atoms with Gasteiger partial charge in [0.15, 0.2) is 17.3 Å². The van der Waals surface area contributed by atoms with Crippen LogP contribution in [0.1, 0.15) is 26.5 Å². The zero-order valence-electron chi connectivity index (χ0n) is 10.0. The number of nitrogens with zero attached hydrogens (tertiary/aromatic N) is 2. The molecule has 1 aromatic heterocycles. The largest absolute Gasteiger partial charge is 0.557 e. The fraction of sp³-hybridized carbons (Fsp3) is 0.455. The molecule has 0 radical (unpaired) electrons. The van der Waals surface area contributed by atoms with E-state index >= 15 is 0 Å². The Morgan fingerprint density at radius 1 is 1.59 bits per heavy atom. The highest BCUT2D eigenvalue weighted by Crippen LogP contribution is 2.20.